The molecule has 1 aliphatic rings. The maximum atomic E-state index is 11.7. The van der Waals surface area contributed by atoms with Crippen molar-refractivity contribution in [1.29, 1.82) is 0 Å². The lowest BCUT2D eigenvalue weighted by Gasteiger charge is -2.30. The van der Waals surface area contributed by atoms with Gasteiger partial charge >= 0.3 is 6.03 Å². The predicted octanol–water partition coefficient (Wildman–Crippen LogP) is -0.0229. The van der Waals surface area contributed by atoms with Crippen LogP contribution in [0.2, 0.25) is 0 Å². The molecular formula is C10H21N3O3S. The molecule has 0 aromatic heterocycles. The molecule has 0 saturated carbocycles. The van der Waals surface area contributed by atoms with Crippen LogP contribution in [0.3, 0.4) is 0 Å². The number of piperidine rings is 1. The van der Waals surface area contributed by atoms with Crippen LogP contribution in [0.1, 0.15) is 19.8 Å². The van der Waals surface area contributed by atoms with Gasteiger partial charge in [0.15, 0.2) is 0 Å². The van der Waals surface area contributed by atoms with Crippen LogP contribution in [0.15, 0.2) is 0 Å². The molecule has 0 aliphatic carbocycles. The highest BCUT2D eigenvalue weighted by Gasteiger charge is 2.19. The van der Waals surface area contributed by atoms with Crippen LogP contribution in [0, 0.1) is 5.92 Å². The lowest BCUT2D eigenvalue weighted by Crippen LogP contribution is -2.46. The number of amides is 2. The first-order valence-electron chi connectivity index (χ1n) is 5.86. The standard InChI is InChI=1S/C10H21N3O3S/c1-9-3-7-13(8-4-9)10(14)11-5-6-12-17(2,15)16/h9,12H,3-8H2,1-2H3,(H,11,14). The smallest absolute Gasteiger partial charge is 0.317 e. The second-order valence-corrected chi connectivity index (χ2v) is 6.40. The Morgan fingerprint density at radius 1 is 1.29 bits per heavy atom. The van der Waals surface area contributed by atoms with E-state index in [1.54, 1.807) is 4.90 Å². The summed E-state index contributed by atoms with van der Waals surface area (Å²) in [5, 5.41) is 2.70. The molecule has 1 heterocycles. The van der Waals surface area contributed by atoms with Gasteiger partial charge in [-0.2, -0.15) is 0 Å². The van der Waals surface area contributed by atoms with Crippen molar-refractivity contribution in [3.05, 3.63) is 0 Å². The highest BCUT2D eigenvalue weighted by molar-refractivity contribution is 7.88. The number of nitrogens with zero attached hydrogens (tertiary/aromatic N) is 1. The molecular weight excluding hydrogens is 242 g/mol. The van der Waals surface area contributed by atoms with Crippen molar-refractivity contribution < 1.29 is 13.2 Å². The second kappa shape index (κ2) is 6.20. The molecule has 7 heteroatoms. The molecule has 2 amide bonds. The summed E-state index contributed by atoms with van der Waals surface area (Å²) in [5.74, 6) is 0.686. The first-order chi connectivity index (χ1) is 7.88. The van der Waals surface area contributed by atoms with E-state index in [9.17, 15) is 13.2 Å². The zero-order valence-electron chi connectivity index (χ0n) is 10.4. The number of sulfonamides is 1. The first kappa shape index (κ1) is 14.2. The van der Waals surface area contributed by atoms with Crippen molar-refractivity contribution in [2.45, 2.75) is 19.8 Å². The fraction of sp³-hybridized carbons (Fsp3) is 0.900. The Kier molecular flexibility index (Phi) is 5.20. The third-order valence-corrected chi connectivity index (χ3v) is 3.56. The largest absolute Gasteiger partial charge is 0.337 e. The Labute approximate surface area is 103 Å². The second-order valence-electron chi connectivity index (χ2n) is 4.57. The van der Waals surface area contributed by atoms with Crippen molar-refractivity contribution in [1.82, 2.24) is 14.9 Å². The number of hydrogen-bond donors (Lipinski definition) is 2. The van der Waals surface area contributed by atoms with Gasteiger partial charge in [0.1, 0.15) is 0 Å². The van der Waals surface area contributed by atoms with Gasteiger partial charge in [-0.1, -0.05) is 6.92 Å². The summed E-state index contributed by atoms with van der Waals surface area (Å²) in [7, 11) is -3.17. The summed E-state index contributed by atoms with van der Waals surface area (Å²) in [5.41, 5.74) is 0. The Morgan fingerprint density at radius 3 is 2.41 bits per heavy atom. The highest BCUT2D eigenvalue weighted by Crippen LogP contribution is 2.15. The maximum Gasteiger partial charge on any atom is 0.317 e. The van der Waals surface area contributed by atoms with Crippen LogP contribution in [-0.4, -0.2) is 51.8 Å². The fourth-order valence-corrected chi connectivity index (χ4v) is 2.20. The van der Waals surface area contributed by atoms with Crippen LogP contribution < -0.4 is 10.0 Å². The maximum absolute atomic E-state index is 11.7. The van der Waals surface area contributed by atoms with Gasteiger partial charge in [0, 0.05) is 26.2 Å². The molecule has 0 radical (unpaired) electrons. The topological polar surface area (TPSA) is 78.5 Å². The van der Waals surface area contributed by atoms with Gasteiger partial charge in [-0.3, -0.25) is 0 Å². The lowest BCUT2D eigenvalue weighted by molar-refractivity contribution is 0.174. The van der Waals surface area contributed by atoms with Crippen molar-refractivity contribution >= 4 is 16.1 Å². The zero-order valence-corrected chi connectivity index (χ0v) is 11.2. The summed E-state index contributed by atoms with van der Waals surface area (Å²) < 4.78 is 23.9. The van der Waals surface area contributed by atoms with Crippen LogP contribution in [-0.2, 0) is 10.0 Å². The van der Waals surface area contributed by atoms with E-state index in [4.69, 9.17) is 0 Å². The van der Waals surface area contributed by atoms with E-state index in [-0.39, 0.29) is 12.6 Å². The van der Waals surface area contributed by atoms with Gasteiger partial charge in [0.25, 0.3) is 0 Å². The van der Waals surface area contributed by atoms with Crippen LogP contribution in [0.5, 0.6) is 0 Å². The van der Waals surface area contributed by atoms with E-state index in [1.165, 1.54) is 0 Å². The average Bonchev–Trinajstić information content (AvgIpc) is 2.24. The van der Waals surface area contributed by atoms with Gasteiger partial charge in [-0.05, 0) is 18.8 Å². The molecule has 0 aromatic rings. The monoisotopic (exact) mass is 263 g/mol. The van der Waals surface area contributed by atoms with Crippen molar-refractivity contribution in [3.63, 3.8) is 0 Å². The minimum Gasteiger partial charge on any atom is -0.337 e. The van der Waals surface area contributed by atoms with Gasteiger partial charge in [0.2, 0.25) is 10.0 Å². The Hall–Kier alpha value is -0.820. The van der Waals surface area contributed by atoms with Gasteiger partial charge in [-0.15, -0.1) is 0 Å². The number of likely N-dealkylation sites (tertiary alicyclic amines) is 1. The number of carbonyl (C=O) groups is 1. The van der Waals surface area contributed by atoms with Crippen LogP contribution in [0.4, 0.5) is 4.79 Å². The summed E-state index contributed by atoms with van der Waals surface area (Å²) in [6.07, 6.45) is 3.17. The van der Waals surface area contributed by atoms with Gasteiger partial charge < -0.3 is 10.2 Å². The SMILES string of the molecule is CC1CCN(C(=O)NCCNS(C)(=O)=O)CC1. The molecule has 6 nitrogen and oxygen atoms in total. The highest BCUT2D eigenvalue weighted by atomic mass is 32.2. The van der Waals surface area contributed by atoms with Gasteiger partial charge in [0.05, 0.1) is 6.26 Å². The van der Waals surface area contributed by atoms with E-state index in [2.05, 4.69) is 17.0 Å². The normalized spacial score (nSPS) is 18.1. The Balaban J connectivity index is 2.17. The number of nitrogens with one attached hydrogen (secondary N) is 2. The van der Waals surface area contributed by atoms with Crippen molar-refractivity contribution in [2.24, 2.45) is 5.92 Å². The lowest BCUT2D eigenvalue weighted by atomic mass is 10.00. The van der Waals surface area contributed by atoms with Gasteiger partial charge in [-0.25, -0.2) is 17.9 Å². The summed E-state index contributed by atoms with van der Waals surface area (Å²) >= 11 is 0. The van der Waals surface area contributed by atoms with Crippen LogP contribution >= 0.6 is 0 Å². The molecule has 2 N–H and O–H groups in total. The molecule has 0 atom stereocenters. The molecule has 1 rings (SSSR count). The molecule has 0 unspecified atom stereocenters. The van der Waals surface area contributed by atoms with E-state index >= 15 is 0 Å². The molecule has 1 fully saturated rings. The zero-order chi connectivity index (χ0) is 12.9. The average molecular weight is 263 g/mol. The third-order valence-electron chi connectivity index (χ3n) is 2.84. The minimum atomic E-state index is -3.17. The first-order valence-corrected chi connectivity index (χ1v) is 7.75. The van der Waals surface area contributed by atoms with Crippen molar-refractivity contribution in [3.8, 4) is 0 Å². The molecule has 0 spiro atoms. The van der Waals surface area contributed by atoms with E-state index in [0.29, 0.717) is 12.5 Å². The van der Waals surface area contributed by atoms with Crippen molar-refractivity contribution in [2.75, 3.05) is 32.4 Å². The van der Waals surface area contributed by atoms with Crippen LogP contribution in [0.25, 0.3) is 0 Å². The number of carbonyl (C=O) groups excluding carboxylic acids is 1. The fourth-order valence-electron chi connectivity index (χ4n) is 1.73. The summed E-state index contributed by atoms with van der Waals surface area (Å²) in [6.45, 7) is 4.30. The minimum absolute atomic E-state index is 0.104. The molecule has 1 saturated heterocycles. The molecule has 0 bridgehead atoms. The van der Waals surface area contributed by atoms with E-state index < -0.39 is 10.0 Å². The quantitative estimate of drug-likeness (QED) is 0.700. The molecule has 1 aliphatic heterocycles. The van der Waals surface area contributed by atoms with E-state index in [1.807, 2.05) is 0 Å². The summed E-state index contributed by atoms with van der Waals surface area (Å²) in [6, 6.07) is -0.104. The van der Waals surface area contributed by atoms with E-state index in [0.717, 1.165) is 32.2 Å². The Bertz CT molecular complexity index is 348. The molecule has 0 aromatic carbocycles. The predicted molar refractivity (Wildman–Crippen MR) is 66.2 cm³/mol. The Morgan fingerprint density at radius 2 is 1.88 bits per heavy atom. The summed E-state index contributed by atoms with van der Waals surface area (Å²) in [4.78, 5) is 13.4. The number of urea groups is 1. The molecule has 17 heavy (non-hydrogen) atoms. The number of rotatable bonds is 4. The molecule has 100 valence electrons. The third kappa shape index (κ3) is 5.88. The number of hydrogen-bond acceptors (Lipinski definition) is 3.